The van der Waals surface area contributed by atoms with Gasteiger partial charge in [-0.15, -0.1) is 0 Å². The predicted molar refractivity (Wildman–Crippen MR) is 94.4 cm³/mol. The second-order valence-corrected chi connectivity index (χ2v) is 5.83. The van der Waals surface area contributed by atoms with Gasteiger partial charge in [0.05, 0.1) is 11.3 Å². The summed E-state index contributed by atoms with van der Waals surface area (Å²) >= 11 is 0. The van der Waals surface area contributed by atoms with E-state index in [4.69, 9.17) is 4.74 Å². The molecule has 2 rings (SSSR count). The summed E-state index contributed by atoms with van der Waals surface area (Å²) in [5, 5.41) is 4.14. The number of anilines is 1. The molecule has 0 radical (unpaired) electrons. The van der Waals surface area contributed by atoms with Crippen LogP contribution < -0.4 is 10.6 Å². The van der Waals surface area contributed by atoms with Crippen LogP contribution in [-0.4, -0.2) is 24.5 Å². The van der Waals surface area contributed by atoms with E-state index in [1.807, 2.05) is 31.3 Å². The van der Waals surface area contributed by atoms with Crippen LogP contribution in [0.1, 0.15) is 35.7 Å². The van der Waals surface area contributed by atoms with Gasteiger partial charge in [-0.1, -0.05) is 38.1 Å². The molecule has 2 N–H and O–H groups in total. The third kappa shape index (κ3) is 5.41. The van der Waals surface area contributed by atoms with E-state index in [2.05, 4.69) is 5.32 Å². The quantitative estimate of drug-likeness (QED) is 0.802. The van der Waals surface area contributed by atoms with Crippen LogP contribution in [0.5, 0.6) is 0 Å². The Labute approximate surface area is 150 Å². The number of imide groups is 1. The zero-order valence-electron chi connectivity index (χ0n) is 14.4. The van der Waals surface area contributed by atoms with Crippen LogP contribution in [0.3, 0.4) is 0 Å². The van der Waals surface area contributed by atoms with Gasteiger partial charge in [-0.25, -0.2) is 14.0 Å². The third-order valence-corrected chi connectivity index (χ3v) is 3.52. The van der Waals surface area contributed by atoms with Crippen molar-refractivity contribution in [1.29, 1.82) is 0 Å². The molecule has 0 atom stereocenters. The Hall–Kier alpha value is -3.22. The van der Waals surface area contributed by atoms with Gasteiger partial charge in [0.15, 0.2) is 6.61 Å². The first-order valence-electron chi connectivity index (χ1n) is 7.99. The van der Waals surface area contributed by atoms with Crippen molar-refractivity contribution in [1.82, 2.24) is 5.32 Å². The Kier molecular flexibility index (Phi) is 6.43. The normalized spacial score (nSPS) is 10.3. The number of nitrogens with one attached hydrogen (secondary N) is 2. The van der Waals surface area contributed by atoms with Crippen molar-refractivity contribution in [2.75, 3.05) is 11.9 Å². The van der Waals surface area contributed by atoms with Crippen LogP contribution in [0.15, 0.2) is 48.5 Å². The monoisotopic (exact) mass is 358 g/mol. The van der Waals surface area contributed by atoms with Crippen LogP contribution in [0.25, 0.3) is 0 Å². The van der Waals surface area contributed by atoms with Crippen molar-refractivity contribution < 1.29 is 23.5 Å². The summed E-state index contributed by atoms with van der Waals surface area (Å²) in [6.07, 6.45) is 0. The zero-order valence-corrected chi connectivity index (χ0v) is 14.4. The van der Waals surface area contributed by atoms with E-state index in [9.17, 15) is 18.8 Å². The van der Waals surface area contributed by atoms with E-state index >= 15 is 0 Å². The van der Waals surface area contributed by atoms with Gasteiger partial charge in [0.25, 0.3) is 5.91 Å². The van der Waals surface area contributed by atoms with E-state index in [0.717, 1.165) is 5.56 Å². The maximum absolute atomic E-state index is 13.4. The first-order valence-corrected chi connectivity index (χ1v) is 7.99. The maximum atomic E-state index is 13.4. The minimum Gasteiger partial charge on any atom is -0.452 e. The highest BCUT2D eigenvalue weighted by molar-refractivity contribution is 6.02. The molecule has 136 valence electrons. The molecule has 0 bridgehead atoms. The van der Waals surface area contributed by atoms with E-state index in [0.29, 0.717) is 11.5 Å². The lowest BCUT2D eigenvalue weighted by molar-refractivity contribution is -0.123. The number of halogens is 1. The van der Waals surface area contributed by atoms with Gasteiger partial charge >= 0.3 is 12.0 Å². The third-order valence-electron chi connectivity index (χ3n) is 3.52. The number of rotatable bonds is 5. The molecule has 0 fully saturated rings. The van der Waals surface area contributed by atoms with Crippen molar-refractivity contribution in [3.8, 4) is 0 Å². The van der Waals surface area contributed by atoms with E-state index in [1.165, 1.54) is 24.3 Å². The molecule has 0 unspecified atom stereocenters. The van der Waals surface area contributed by atoms with Crippen LogP contribution in [0.2, 0.25) is 0 Å². The van der Waals surface area contributed by atoms with Crippen molar-refractivity contribution in [2.45, 2.75) is 19.8 Å². The lowest BCUT2D eigenvalue weighted by Crippen LogP contribution is -2.37. The van der Waals surface area contributed by atoms with Crippen molar-refractivity contribution in [2.24, 2.45) is 0 Å². The summed E-state index contributed by atoms with van der Waals surface area (Å²) in [7, 11) is 0. The van der Waals surface area contributed by atoms with Gasteiger partial charge in [0.1, 0.15) is 5.82 Å². The molecule has 26 heavy (non-hydrogen) atoms. The van der Waals surface area contributed by atoms with Gasteiger partial charge < -0.3 is 10.1 Å². The molecule has 0 spiro atoms. The van der Waals surface area contributed by atoms with E-state index in [1.54, 1.807) is 12.1 Å². The molecular formula is C19H19FN2O4. The van der Waals surface area contributed by atoms with Crippen LogP contribution in [0, 0.1) is 5.82 Å². The van der Waals surface area contributed by atoms with Crippen molar-refractivity contribution in [3.05, 3.63) is 65.5 Å². The highest BCUT2D eigenvalue weighted by Crippen LogP contribution is 2.15. The van der Waals surface area contributed by atoms with Crippen LogP contribution in [0.4, 0.5) is 14.9 Å². The fourth-order valence-corrected chi connectivity index (χ4v) is 2.10. The molecule has 0 aliphatic heterocycles. The number of ether oxygens (including phenoxy) is 1. The van der Waals surface area contributed by atoms with E-state index in [-0.39, 0.29) is 5.69 Å². The predicted octanol–water partition coefficient (Wildman–Crippen LogP) is 3.45. The van der Waals surface area contributed by atoms with Crippen LogP contribution in [-0.2, 0) is 9.53 Å². The van der Waals surface area contributed by atoms with Gasteiger partial charge in [0.2, 0.25) is 0 Å². The summed E-state index contributed by atoms with van der Waals surface area (Å²) in [6, 6.07) is 11.4. The summed E-state index contributed by atoms with van der Waals surface area (Å²) in [5.41, 5.74) is 1.31. The summed E-state index contributed by atoms with van der Waals surface area (Å²) in [6.45, 7) is 3.43. The average molecular weight is 358 g/mol. The van der Waals surface area contributed by atoms with Crippen molar-refractivity contribution in [3.63, 3.8) is 0 Å². The van der Waals surface area contributed by atoms with Crippen LogP contribution >= 0.6 is 0 Å². The summed E-state index contributed by atoms with van der Waals surface area (Å²) in [5.74, 6) is -1.80. The molecule has 0 heterocycles. The first-order chi connectivity index (χ1) is 12.4. The number of carbonyl (C=O) groups is 3. The zero-order chi connectivity index (χ0) is 19.1. The highest BCUT2D eigenvalue weighted by atomic mass is 19.1. The van der Waals surface area contributed by atoms with Crippen molar-refractivity contribution >= 4 is 23.6 Å². The standard InChI is InChI=1S/C19H19FN2O4/c1-12(2)13-7-9-14(10-8-13)18(24)26-11-17(23)22-19(25)21-16-6-4-3-5-15(16)20/h3-10,12H,11H2,1-2H3,(H2,21,22,23,25). The Morgan fingerprint density at radius 1 is 1.04 bits per heavy atom. The highest BCUT2D eigenvalue weighted by Gasteiger charge is 2.14. The molecule has 6 nitrogen and oxygen atoms in total. The number of benzene rings is 2. The average Bonchev–Trinajstić information content (AvgIpc) is 2.61. The number of amides is 3. The fourth-order valence-electron chi connectivity index (χ4n) is 2.10. The maximum Gasteiger partial charge on any atom is 0.338 e. The number of esters is 1. The van der Waals surface area contributed by atoms with Gasteiger partial charge in [-0.2, -0.15) is 0 Å². The molecular weight excluding hydrogens is 339 g/mol. The first kappa shape index (κ1) is 19.1. The molecule has 0 saturated heterocycles. The van der Waals surface area contributed by atoms with Gasteiger partial charge in [-0.05, 0) is 35.7 Å². The Morgan fingerprint density at radius 3 is 2.31 bits per heavy atom. The Bertz CT molecular complexity index is 803. The minimum atomic E-state index is -0.919. The number of hydrogen-bond acceptors (Lipinski definition) is 4. The van der Waals surface area contributed by atoms with E-state index < -0.39 is 30.3 Å². The number of urea groups is 1. The molecule has 2 aromatic carbocycles. The number of para-hydroxylation sites is 1. The smallest absolute Gasteiger partial charge is 0.338 e. The Morgan fingerprint density at radius 2 is 1.69 bits per heavy atom. The topological polar surface area (TPSA) is 84.5 Å². The lowest BCUT2D eigenvalue weighted by atomic mass is 10.0. The molecule has 3 amide bonds. The number of hydrogen-bond donors (Lipinski definition) is 2. The molecule has 0 aromatic heterocycles. The van der Waals surface area contributed by atoms with Gasteiger partial charge in [-0.3, -0.25) is 10.1 Å². The fraction of sp³-hybridized carbons (Fsp3) is 0.211. The molecule has 2 aromatic rings. The second-order valence-electron chi connectivity index (χ2n) is 5.83. The molecule has 7 heteroatoms. The molecule has 0 saturated carbocycles. The summed E-state index contributed by atoms with van der Waals surface area (Å²) in [4.78, 5) is 35.2. The Balaban J connectivity index is 1.81. The number of carbonyl (C=O) groups excluding carboxylic acids is 3. The van der Waals surface area contributed by atoms with Gasteiger partial charge in [0, 0.05) is 0 Å². The largest absolute Gasteiger partial charge is 0.452 e. The minimum absolute atomic E-state index is 0.0694. The second kappa shape index (κ2) is 8.75. The molecule has 0 aliphatic carbocycles. The summed E-state index contributed by atoms with van der Waals surface area (Å²) < 4.78 is 18.3. The lowest BCUT2D eigenvalue weighted by Gasteiger charge is -2.09. The SMILES string of the molecule is CC(C)c1ccc(C(=O)OCC(=O)NC(=O)Nc2ccccc2F)cc1. The molecule has 0 aliphatic rings.